The Morgan fingerprint density at radius 2 is 2.30 bits per heavy atom. The summed E-state index contributed by atoms with van der Waals surface area (Å²) in [5.74, 6) is 0.764. The lowest BCUT2D eigenvalue weighted by Crippen LogP contribution is -2.53. The zero-order valence-electron chi connectivity index (χ0n) is 12.9. The number of rotatable bonds is 8. The topological polar surface area (TPSA) is 51.2 Å². The molecule has 0 saturated carbocycles. The third-order valence-corrected chi connectivity index (χ3v) is 5.11. The van der Waals surface area contributed by atoms with Crippen molar-refractivity contribution in [3.63, 3.8) is 0 Å². The van der Waals surface area contributed by atoms with Gasteiger partial charge < -0.3 is 4.74 Å². The van der Waals surface area contributed by atoms with Gasteiger partial charge in [0.25, 0.3) is 0 Å². The predicted molar refractivity (Wildman–Crippen MR) is 85.5 cm³/mol. The highest BCUT2D eigenvalue weighted by Crippen LogP contribution is 2.25. The van der Waals surface area contributed by atoms with Gasteiger partial charge in [0.15, 0.2) is 0 Å². The van der Waals surface area contributed by atoms with Crippen LogP contribution in [0.4, 0.5) is 0 Å². The maximum atomic E-state index is 11.9. The van der Waals surface area contributed by atoms with Crippen LogP contribution in [0.1, 0.15) is 39.3 Å². The molecule has 6 heteroatoms. The summed E-state index contributed by atoms with van der Waals surface area (Å²) in [4.78, 5) is 16.4. The summed E-state index contributed by atoms with van der Waals surface area (Å²) >= 11 is 3.42. The summed E-state index contributed by atoms with van der Waals surface area (Å²) in [6.07, 6.45) is 1.70. The Bertz CT molecular complexity index is 435. The maximum absolute atomic E-state index is 11.9. The first-order valence-electron chi connectivity index (χ1n) is 6.78. The van der Waals surface area contributed by atoms with E-state index in [9.17, 15) is 4.79 Å². The molecule has 1 unspecified atom stereocenters. The van der Waals surface area contributed by atoms with Crippen LogP contribution in [0.3, 0.4) is 0 Å². The highest BCUT2D eigenvalue weighted by atomic mass is 32.2. The van der Waals surface area contributed by atoms with Crippen molar-refractivity contribution in [2.24, 2.45) is 0 Å². The number of aryl methyl sites for hydroxylation is 1. The minimum absolute atomic E-state index is 0.193. The molecule has 1 N–H and O–H groups in total. The smallest absolute Gasteiger partial charge is 0.325 e. The number of aromatic nitrogens is 1. The van der Waals surface area contributed by atoms with Crippen molar-refractivity contribution in [3.8, 4) is 0 Å². The molecule has 0 amide bonds. The van der Waals surface area contributed by atoms with E-state index in [2.05, 4.69) is 15.7 Å². The number of thioether (sulfide) groups is 1. The van der Waals surface area contributed by atoms with Crippen LogP contribution in [0.25, 0.3) is 0 Å². The van der Waals surface area contributed by atoms with Gasteiger partial charge in [0, 0.05) is 22.9 Å². The lowest BCUT2D eigenvalue weighted by Gasteiger charge is -2.30. The molecule has 0 aliphatic heterocycles. The average Bonchev–Trinajstić information content (AvgIpc) is 2.78. The van der Waals surface area contributed by atoms with Gasteiger partial charge in [-0.2, -0.15) is 0 Å². The fourth-order valence-corrected chi connectivity index (χ4v) is 3.94. The number of carbonyl (C=O) groups excluding carboxylic acids is 1. The molecule has 4 nitrogen and oxygen atoms in total. The van der Waals surface area contributed by atoms with Gasteiger partial charge in [-0.15, -0.1) is 11.3 Å². The Kier molecular flexibility index (Phi) is 6.99. The van der Waals surface area contributed by atoms with E-state index in [1.165, 1.54) is 7.11 Å². The molecule has 0 aromatic carbocycles. The summed E-state index contributed by atoms with van der Waals surface area (Å²) in [6.45, 7) is 7.99. The van der Waals surface area contributed by atoms with Crippen molar-refractivity contribution < 1.29 is 9.53 Å². The third kappa shape index (κ3) is 5.42. The molecule has 0 spiro atoms. The number of ether oxygens (including phenoxy) is 1. The molecule has 1 atom stereocenters. The highest BCUT2D eigenvalue weighted by molar-refractivity contribution is 8.00. The highest BCUT2D eigenvalue weighted by Gasteiger charge is 2.34. The van der Waals surface area contributed by atoms with Gasteiger partial charge in [0.05, 0.1) is 7.11 Å². The lowest BCUT2D eigenvalue weighted by atomic mass is 9.95. The lowest BCUT2D eigenvalue weighted by molar-refractivity contribution is -0.148. The molecule has 0 aliphatic carbocycles. The first-order chi connectivity index (χ1) is 9.37. The van der Waals surface area contributed by atoms with Gasteiger partial charge >= 0.3 is 5.97 Å². The van der Waals surface area contributed by atoms with Crippen LogP contribution in [0, 0.1) is 6.92 Å². The van der Waals surface area contributed by atoms with Gasteiger partial charge in [0.2, 0.25) is 0 Å². The molecule has 1 rings (SSSR count). The second kappa shape index (κ2) is 8.00. The summed E-state index contributed by atoms with van der Waals surface area (Å²) < 4.78 is 6.01. The van der Waals surface area contributed by atoms with E-state index in [0.717, 1.165) is 28.6 Å². The monoisotopic (exact) mass is 316 g/mol. The number of nitrogens with one attached hydrogen (secondary N) is 1. The molecule has 0 fully saturated rings. The zero-order chi connectivity index (χ0) is 15.2. The number of esters is 1. The number of thiazole rings is 1. The number of methoxy groups -OCH3 is 1. The van der Waals surface area contributed by atoms with Crippen LogP contribution < -0.4 is 5.32 Å². The van der Waals surface area contributed by atoms with E-state index < -0.39 is 5.54 Å². The molecule has 0 radical (unpaired) electrons. The zero-order valence-corrected chi connectivity index (χ0v) is 14.5. The van der Waals surface area contributed by atoms with E-state index in [4.69, 9.17) is 4.74 Å². The van der Waals surface area contributed by atoms with E-state index >= 15 is 0 Å². The summed E-state index contributed by atoms with van der Waals surface area (Å²) in [6, 6.07) is 0.244. The largest absolute Gasteiger partial charge is 0.468 e. The number of hydrogen-bond acceptors (Lipinski definition) is 6. The summed E-state index contributed by atoms with van der Waals surface area (Å²) in [5.41, 5.74) is 0.459. The van der Waals surface area contributed by atoms with Gasteiger partial charge in [-0.3, -0.25) is 10.1 Å². The van der Waals surface area contributed by atoms with Crippen LogP contribution in [0.5, 0.6) is 0 Å². The molecule has 0 aliphatic rings. The van der Waals surface area contributed by atoms with Crippen molar-refractivity contribution in [2.45, 2.75) is 56.5 Å². The second-order valence-corrected chi connectivity index (χ2v) is 7.53. The average molecular weight is 316 g/mol. The third-order valence-electron chi connectivity index (χ3n) is 2.89. The van der Waals surface area contributed by atoms with E-state index in [1.807, 2.05) is 27.7 Å². The number of hydrogen-bond donors (Lipinski definition) is 1. The molecule has 1 aromatic heterocycles. The Labute approximate surface area is 129 Å². The Hall–Kier alpha value is -0.590. The first-order valence-corrected chi connectivity index (χ1v) is 8.65. The molecule has 0 bridgehead atoms. The van der Waals surface area contributed by atoms with Crippen LogP contribution in [-0.2, 0) is 9.53 Å². The van der Waals surface area contributed by atoms with Gasteiger partial charge in [-0.25, -0.2) is 4.98 Å². The molecule has 0 saturated heterocycles. The fourth-order valence-electron chi connectivity index (χ4n) is 2.08. The van der Waals surface area contributed by atoms with Gasteiger partial charge in [-0.1, -0.05) is 11.8 Å². The molecule has 114 valence electrons. The van der Waals surface area contributed by atoms with Crippen molar-refractivity contribution in [2.75, 3.05) is 12.9 Å². The quantitative estimate of drug-likeness (QED) is 0.453. The predicted octanol–water partition coefficient (Wildman–Crippen LogP) is 3.25. The Morgan fingerprint density at radius 1 is 1.60 bits per heavy atom. The van der Waals surface area contributed by atoms with Crippen molar-refractivity contribution in [3.05, 3.63) is 11.1 Å². The van der Waals surface area contributed by atoms with Gasteiger partial charge in [0.1, 0.15) is 9.88 Å². The first kappa shape index (κ1) is 17.5. The van der Waals surface area contributed by atoms with Crippen LogP contribution in [-0.4, -0.2) is 35.4 Å². The van der Waals surface area contributed by atoms with Crippen LogP contribution in [0.15, 0.2) is 9.72 Å². The van der Waals surface area contributed by atoms with Gasteiger partial charge in [-0.05, 0) is 40.5 Å². The minimum Gasteiger partial charge on any atom is -0.468 e. The van der Waals surface area contributed by atoms with Crippen LogP contribution >= 0.6 is 23.1 Å². The summed E-state index contributed by atoms with van der Waals surface area (Å²) in [7, 11) is 1.44. The standard InChI is InChI=1S/C14H24N2O2S2/c1-10(2)16-14(4,12(17)18-5)7-6-8-19-13-15-11(3)9-20-13/h9-10,16H,6-8H2,1-5H3. The summed E-state index contributed by atoms with van der Waals surface area (Å²) in [5, 5.41) is 5.37. The normalized spacial score (nSPS) is 14.3. The van der Waals surface area contributed by atoms with E-state index in [-0.39, 0.29) is 12.0 Å². The number of carbonyl (C=O) groups is 1. The van der Waals surface area contributed by atoms with E-state index in [1.54, 1.807) is 23.1 Å². The van der Waals surface area contributed by atoms with Crippen molar-refractivity contribution in [1.82, 2.24) is 10.3 Å². The SMILES string of the molecule is COC(=O)C(C)(CCCSc1nc(C)cs1)NC(C)C. The minimum atomic E-state index is -0.609. The van der Waals surface area contributed by atoms with Crippen molar-refractivity contribution in [1.29, 1.82) is 0 Å². The number of nitrogens with zero attached hydrogens (tertiary/aromatic N) is 1. The van der Waals surface area contributed by atoms with Crippen molar-refractivity contribution >= 4 is 29.1 Å². The molecule has 20 heavy (non-hydrogen) atoms. The molecular weight excluding hydrogens is 292 g/mol. The molecule has 1 heterocycles. The van der Waals surface area contributed by atoms with Crippen LogP contribution in [0.2, 0.25) is 0 Å². The Balaban J connectivity index is 2.44. The Morgan fingerprint density at radius 3 is 2.80 bits per heavy atom. The molecular formula is C14H24N2O2S2. The maximum Gasteiger partial charge on any atom is 0.325 e. The van der Waals surface area contributed by atoms with E-state index in [0.29, 0.717) is 0 Å². The second-order valence-electron chi connectivity index (χ2n) is 5.33. The molecule has 1 aromatic rings. The fraction of sp³-hybridized carbons (Fsp3) is 0.714.